The van der Waals surface area contributed by atoms with Crippen molar-refractivity contribution in [3.05, 3.63) is 50.4 Å². The van der Waals surface area contributed by atoms with Crippen LogP contribution in [0.4, 0.5) is 5.69 Å². The molecule has 0 saturated carbocycles. The quantitative estimate of drug-likeness (QED) is 0.636. The van der Waals surface area contributed by atoms with E-state index in [2.05, 4.69) is 21.2 Å². The minimum absolute atomic E-state index is 0.127. The molecule has 138 valence electrons. The van der Waals surface area contributed by atoms with Gasteiger partial charge >= 0.3 is 5.97 Å². The molecule has 2 rings (SSSR count). The summed E-state index contributed by atoms with van der Waals surface area (Å²) in [5.41, 5.74) is 0.534. The van der Waals surface area contributed by atoms with Crippen LogP contribution >= 0.6 is 39.1 Å². The first-order chi connectivity index (χ1) is 12.3. The Morgan fingerprint density at radius 3 is 2.42 bits per heavy atom. The molecule has 0 aromatic heterocycles. The number of halogens is 3. The second-order valence-corrected chi connectivity index (χ2v) is 6.67. The number of carbonyl (C=O) groups excluding carboxylic acids is 2. The Morgan fingerprint density at radius 2 is 1.81 bits per heavy atom. The fraction of sp³-hybridized carbons (Fsp3) is 0.176. The lowest BCUT2D eigenvalue weighted by atomic mass is 10.2. The van der Waals surface area contributed by atoms with E-state index in [1.807, 2.05) is 0 Å². The van der Waals surface area contributed by atoms with Crippen LogP contribution in [0.3, 0.4) is 0 Å². The van der Waals surface area contributed by atoms with Crippen molar-refractivity contribution in [2.75, 3.05) is 26.1 Å². The van der Waals surface area contributed by atoms with Gasteiger partial charge in [-0.2, -0.15) is 0 Å². The van der Waals surface area contributed by atoms with E-state index in [-0.39, 0.29) is 16.3 Å². The van der Waals surface area contributed by atoms with Crippen molar-refractivity contribution in [3.8, 4) is 11.5 Å². The van der Waals surface area contributed by atoms with Gasteiger partial charge in [0.25, 0.3) is 5.91 Å². The molecule has 26 heavy (non-hydrogen) atoms. The number of methoxy groups -OCH3 is 2. The van der Waals surface area contributed by atoms with Crippen LogP contribution in [0, 0.1) is 0 Å². The Labute approximate surface area is 168 Å². The molecule has 2 aromatic carbocycles. The molecule has 1 amide bonds. The molecule has 0 aliphatic carbocycles. The molecular formula is C17H14BrCl2NO5. The van der Waals surface area contributed by atoms with Crippen molar-refractivity contribution >= 4 is 56.7 Å². The lowest BCUT2D eigenvalue weighted by Crippen LogP contribution is -2.21. The maximum absolute atomic E-state index is 12.1. The van der Waals surface area contributed by atoms with E-state index in [9.17, 15) is 9.59 Å². The first-order valence-electron chi connectivity index (χ1n) is 7.19. The standard InChI is InChI=1S/C17H14BrCl2NO5/c1-24-14-6-9(5-12(20)16(14)25-2)17(23)26-8-15(22)21-13-4-3-10(18)7-11(13)19/h3-7H,8H2,1-2H3,(H,21,22). The summed E-state index contributed by atoms with van der Waals surface area (Å²) in [4.78, 5) is 24.1. The number of hydrogen-bond acceptors (Lipinski definition) is 5. The smallest absolute Gasteiger partial charge is 0.338 e. The number of nitrogens with one attached hydrogen (secondary N) is 1. The maximum Gasteiger partial charge on any atom is 0.338 e. The van der Waals surface area contributed by atoms with Crippen LogP contribution in [0.5, 0.6) is 11.5 Å². The lowest BCUT2D eigenvalue weighted by Gasteiger charge is -2.12. The first kappa shape index (κ1) is 20.4. The normalized spacial score (nSPS) is 10.2. The Hall–Kier alpha value is -1.96. The van der Waals surface area contributed by atoms with Crippen LogP contribution in [0.25, 0.3) is 0 Å². The number of amides is 1. The Morgan fingerprint density at radius 1 is 1.08 bits per heavy atom. The van der Waals surface area contributed by atoms with Crippen LogP contribution in [0.2, 0.25) is 10.0 Å². The van der Waals surface area contributed by atoms with E-state index in [0.29, 0.717) is 16.5 Å². The molecule has 0 unspecified atom stereocenters. The number of carbonyl (C=O) groups is 2. The largest absolute Gasteiger partial charge is 0.493 e. The monoisotopic (exact) mass is 461 g/mol. The van der Waals surface area contributed by atoms with Crippen molar-refractivity contribution < 1.29 is 23.8 Å². The van der Waals surface area contributed by atoms with Crippen LogP contribution < -0.4 is 14.8 Å². The van der Waals surface area contributed by atoms with Crippen LogP contribution in [-0.4, -0.2) is 32.7 Å². The molecule has 0 heterocycles. The summed E-state index contributed by atoms with van der Waals surface area (Å²) in [5, 5.41) is 3.09. The summed E-state index contributed by atoms with van der Waals surface area (Å²) in [6.45, 7) is -0.489. The summed E-state index contributed by atoms with van der Waals surface area (Å²) in [5.74, 6) is -0.689. The number of rotatable bonds is 6. The predicted octanol–water partition coefficient (Wildman–Crippen LogP) is 4.57. The predicted molar refractivity (Wildman–Crippen MR) is 103 cm³/mol. The summed E-state index contributed by atoms with van der Waals surface area (Å²) in [6, 6.07) is 7.76. The molecule has 1 N–H and O–H groups in total. The summed E-state index contributed by atoms with van der Waals surface area (Å²) in [6.07, 6.45) is 0. The zero-order valence-corrected chi connectivity index (χ0v) is 16.9. The highest BCUT2D eigenvalue weighted by atomic mass is 79.9. The molecule has 0 spiro atoms. The van der Waals surface area contributed by atoms with Crippen molar-refractivity contribution in [3.63, 3.8) is 0 Å². The van der Waals surface area contributed by atoms with Crippen LogP contribution in [-0.2, 0) is 9.53 Å². The minimum Gasteiger partial charge on any atom is -0.493 e. The van der Waals surface area contributed by atoms with Crippen LogP contribution in [0.1, 0.15) is 10.4 Å². The van der Waals surface area contributed by atoms with E-state index in [4.69, 9.17) is 37.4 Å². The first-order valence-corrected chi connectivity index (χ1v) is 8.74. The Kier molecular flexibility index (Phi) is 7.14. The second-order valence-electron chi connectivity index (χ2n) is 4.94. The number of anilines is 1. The third kappa shape index (κ3) is 5.03. The van der Waals surface area contributed by atoms with Gasteiger partial charge in [-0.3, -0.25) is 4.79 Å². The topological polar surface area (TPSA) is 73.9 Å². The molecule has 0 fully saturated rings. The maximum atomic E-state index is 12.1. The molecular weight excluding hydrogens is 449 g/mol. The summed E-state index contributed by atoms with van der Waals surface area (Å²) in [7, 11) is 2.85. The molecule has 6 nitrogen and oxygen atoms in total. The molecule has 0 atom stereocenters. The van der Waals surface area contributed by atoms with Gasteiger partial charge in [-0.1, -0.05) is 39.1 Å². The van der Waals surface area contributed by atoms with E-state index in [1.165, 1.54) is 26.4 Å². The number of esters is 1. The zero-order valence-electron chi connectivity index (χ0n) is 13.8. The van der Waals surface area contributed by atoms with Gasteiger partial charge in [0, 0.05) is 4.47 Å². The van der Waals surface area contributed by atoms with Gasteiger partial charge in [0.15, 0.2) is 18.1 Å². The highest BCUT2D eigenvalue weighted by Crippen LogP contribution is 2.36. The molecule has 0 aliphatic rings. The number of ether oxygens (including phenoxy) is 3. The Balaban J connectivity index is 2.02. The third-order valence-electron chi connectivity index (χ3n) is 3.21. The average Bonchev–Trinajstić information content (AvgIpc) is 2.61. The van der Waals surface area contributed by atoms with Gasteiger partial charge in [-0.15, -0.1) is 0 Å². The molecule has 0 radical (unpaired) electrons. The Bertz CT molecular complexity index is 844. The SMILES string of the molecule is COc1cc(C(=O)OCC(=O)Nc2ccc(Br)cc2Cl)cc(Cl)c1OC. The van der Waals surface area contributed by atoms with Gasteiger partial charge in [-0.05, 0) is 30.3 Å². The lowest BCUT2D eigenvalue weighted by molar-refractivity contribution is -0.119. The van der Waals surface area contributed by atoms with Gasteiger partial charge in [-0.25, -0.2) is 4.79 Å². The third-order valence-corrected chi connectivity index (χ3v) is 4.30. The van der Waals surface area contributed by atoms with Gasteiger partial charge in [0.2, 0.25) is 0 Å². The number of benzene rings is 2. The molecule has 0 aliphatic heterocycles. The van der Waals surface area contributed by atoms with E-state index < -0.39 is 18.5 Å². The molecule has 0 saturated heterocycles. The van der Waals surface area contributed by atoms with E-state index in [0.717, 1.165) is 4.47 Å². The fourth-order valence-electron chi connectivity index (χ4n) is 2.03. The van der Waals surface area contributed by atoms with E-state index in [1.54, 1.807) is 18.2 Å². The summed E-state index contributed by atoms with van der Waals surface area (Å²) < 4.78 is 16.0. The second kappa shape index (κ2) is 9.12. The average molecular weight is 463 g/mol. The zero-order chi connectivity index (χ0) is 19.3. The number of hydrogen-bond donors (Lipinski definition) is 1. The van der Waals surface area contributed by atoms with Crippen molar-refractivity contribution in [2.24, 2.45) is 0 Å². The van der Waals surface area contributed by atoms with Crippen LogP contribution in [0.15, 0.2) is 34.8 Å². The highest BCUT2D eigenvalue weighted by molar-refractivity contribution is 9.10. The fourth-order valence-corrected chi connectivity index (χ4v) is 3.04. The highest BCUT2D eigenvalue weighted by Gasteiger charge is 2.17. The molecule has 0 bridgehead atoms. The van der Waals surface area contributed by atoms with Gasteiger partial charge in [0.1, 0.15) is 0 Å². The van der Waals surface area contributed by atoms with Crippen molar-refractivity contribution in [1.82, 2.24) is 0 Å². The van der Waals surface area contributed by atoms with Gasteiger partial charge in [0.05, 0.1) is 35.5 Å². The van der Waals surface area contributed by atoms with E-state index >= 15 is 0 Å². The van der Waals surface area contributed by atoms with Gasteiger partial charge < -0.3 is 19.5 Å². The van der Waals surface area contributed by atoms with Crippen molar-refractivity contribution in [1.29, 1.82) is 0 Å². The van der Waals surface area contributed by atoms with Crippen molar-refractivity contribution in [2.45, 2.75) is 0 Å². The molecule has 2 aromatic rings. The minimum atomic E-state index is -0.732. The summed E-state index contributed by atoms with van der Waals surface area (Å²) >= 11 is 15.3. The molecule has 9 heteroatoms.